The number of ether oxygens (including phenoxy) is 1. The molecule has 0 bridgehead atoms. The zero-order valence-corrected chi connectivity index (χ0v) is 14.2. The first-order valence-electron chi connectivity index (χ1n) is 7.95. The Labute approximate surface area is 136 Å². The average molecular weight is 323 g/mol. The van der Waals surface area contributed by atoms with Gasteiger partial charge in [0.1, 0.15) is 0 Å². The highest BCUT2D eigenvalue weighted by Crippen LogP contribution is 2.36. The minimum Gasteiger partial charge on any atom is -0.465 e. The van der Waals surface area contributed by atoms with Gasteiger partial charge in [0.15, 0.2) is 0 Å². The maximum absolute atomic E-state index is 11.7. The molecule has 1 aromatic heterocycles. The van der Waals surface area contributed by atoms with E-state index in [1.807, 2.05) is 20.8 Å². The Balaban J connectivity index is 2.16. The van der Waals surface area contributed by atoms with E-state index in [4.69, 9.17) is 4.74 Å². The highest BCUT2D eigenvalue weighted by Gasteiger charge is 2.39. The molecule has 0 aromatic carbocycles. The third-order valence-corrected chi connectivity index (χ3v) is 4.31. The van der Waals surface area contributed by atoms with Crippen LogP contribution in [0.3, 0.4) is 0 Å². The predicted molar refractivity (Wildman–Crippen MR) is 84.4 cm³/mol. The summed E-state index contributed by atoms with van der Waals surface area (Å²) in [4.78, 5) is 24.7. The Kier molecular flexibility index (Phi) is 4.97. The Bertz CT molecular complexity index is 576. The minimum absolute atomic E-state index is 0.0815. The Morgan fingerprint density at radius 3 is 2.70 bits per heavy atom. The number of carboxylic acid groups (broad SMARTS) is 1. The summed E-state index contributed by atoms with van der Waals surface area (Å²) in [5.41, 5.74) is 0.272. The van der Waals surface area contributed by atoms with Crippen LogP contribution in [0.4, 0.5) is 4.79 Å². The number of carbonyl (C=O) groups is 2. The zero-order valence-electron chi connectivity index (χ0n) is 14.2. The quantitative estimate of drug-likeness (QED) is 0.865. The molecular formula is C16H25N3O4. The number of hydrogen-bond acceptors (Lipinski definition) is 4. The number of rotatable bonds is 3. The molecule has 128 valence electrons. The first-order valence-corrected chi connectivity index (χ1v) is 7.95. The van der Waals surface area contributed by atoms with Crippen LogP contribution in [0.15, 0.2) is 12.4 Å². The standard InChI is InChI=1S/C16H25N3O4/c1-5-23-14(20)11-9-17-19(10-11)12-6-7-18(15(21)22)13(8-12)16(2,3)4/h9-10,12-13H,5-8H2,1-4H3,(H,21,22). The Morgan fingerprint density at radius 1 is 1.43 bits per heavy atom. The lowest BCUT2D eigenvalue weighted by molar-refractivity contribution is 0.0407. The minimum atomic E-state index is -0.879. The van der Waals surface area contributed by atoms with Crippen molar-refractivity contribution in [1.29, 1.82) is 0 Å². The number of hydrogen-bond donors (Lipinski definition) is 1. The zero-order chi connectivity index (χ0) is 17.2. The lowest BCUT2D eigenvalue weighted by Gasteiger charge is -2.44. The van der Waals surface area contributed by atoms with Crippen molar-refractivity contribution in [3.63, 3.8) is 0 Å². The first-order chi connectivity index (χ1) is 10.7. The smallest absolute Gasteiger partial charge is 0.407 e. The molecular weight excluding hydrogens is 298 g/mol. The second-order valence-electron chi connectivity index (χ2n) is 6.97. The molecule has 2 heterocycles. The number of carbonyl (C=O) groups excluding carboxylic acids is 1. The SMILES string of the molecule is CCOC(=O)c1cnn(C2CCN(C(=O)O)C(C(C)(C)C)C2)c1. The van der Waals surface area contributed by atoms with Gasteiger partial charge in [-0.15, -0.1) is 0 Å². The summed E-state index contributed by atoms with van der Waals surface area (Å²) in [6.45, 7) is 8.69. The van der Waals surface area contributed by atoms with Crippen LogP contribution in [-0.4, -0.2) is 51.0 Å². The molecule has 23 heavy (non-hydrogen) atoms. The van der Waals surface area contributed by atoms with Crippen molar-refractivity contribution in [2.45, 2.75) is 52.6 Å². The summed E-state index contributed by atoms with van der Waals surface area (Å²) in [5.74, 6) is -0.380. The van der Waals surface area contributed by atoms with Gasteiger partial charge >= 0.3 is 12.1 Å². The van der Waals surface area contributed by atoms with Gasteiger partial charge in [0.2, 0.25) is 0 Å². The van der Waals surface area contributed by atoms with E-state index < -0.39 is 6.09 Å². The number of piperidine rings is 1. The number of aromatic nitrogens is 2. The topological polar surface area (TPSA) is 84.7 Å². The number of esters is 1. The molecule has 1 N–H and O–H groups in total. The number of nitrogens with zero attached hydrogens (tertiary/aromatic N) is 3. The van der Waals surface area contributed by atoms with Crippen molar-refractivity contribution in [2.75, 3.05) is 13.2 Å². The Morgan fingerprint density at radius 2 is 2.13 bits per heavy atom. The molecule has 1 fully saturated rings. The van der Waals surface area contributed by atoms with E-state index in [9.17, 15) is 14.7 Å². The largest absolute Gasteiger partial charge is 0.465 e. The van der Waals surface area contributed by atoms with Crippen molar-refractivity contribution < 1.29 is 19.4 Å². The van der Waals surface area contributed by atoms with E-state index in [-0.39, 0.29) is 23.5 Å². The van der Waals surface area contributed by atoms with Crippen molar-refractivity contribution in [2.24, 2.45) is 5.41 Å². The normalized spacial score (nSPS) is 22.0. The van der Waals surface area contributed by atoms with Crippen molar-refractivity contribution in [3.8, 4) is 0 Å². The van der Waals surface area contributed by atoms with Gasteiger partial charge in [0, 0.05) is 18.8 Å². The van der Waals surface area contributed by atoms with E-state index in [1.54, 1.807) is 17.8 Å². The van der Waals surface area contributed by atoms with Crippen LogP contribution in [0.25, 0.3) is 0 Å². The summed E-state index contributed by atoms with van der Waals surface area (Å²) >= 11 is 0. The molecule has 0 radical (unpaired) electrons. The maximum atomic E-state index is 11.7. The maximum Gasteiger partial charge on any atom is 0.407 e. The second-order valence-corrected chi connectivity index (χ2v) is 6.97. The fourth-order valence-electron chi connectivity index (χ4n) is 3.09. The average Bonchev–Trinajstić information content (AvgIpc) is 2.95. The molecule has 1 aliphatic rings. The predicted octanol–water partition coefficient (Wildman–Crippen LogP) is 2.79. The van der Waals surface area contributed by atoms with E-state index in [0.29, 0.717) is 31.6 Å². The number of likely N-dealkylation sites (tertiary alicyclic amines) is 1. The molecule has 0 spiro atoms. The summed E-state index contributed by atoms with van der Waals surface area (Å²) in [6, 6.07) is -0.00741. The van der Waals surface area contributed by atoms with Crippen LogP contribution >= 0.6 is 0 Å². The lowest BCUT2D eigenvalue weighted by Crippen LogP contribution is -2.51. The third-order valence-electron chi connectivity index (χ3n) is 4.31. The molecule has 0 aliphatic carbocycles. The van der Waals surface area contributed by atoms with Crippen molar-refractivity contribution >= 4 is 12.1 Å². The molecule has 1 aromatic rings. The Hall–Kier alpha value is -2.05. The molecule has 1 saturated heterocycles. The molecule has 7 nitrogen and oxygen atoms in total. The summed E-state index contributed by atoms with van der Waals surface area (Å²) < 4.78 is 6.74. The summed E-state index contributed by atoms with van der Waals surface area (Å²) in [6.07, 6.45) is 3.69. The van der Waals surface area contributed by atoms with Crippen molar-refractivity contribution in [3.05, 3.63) is 18.0 Å². The van der Waals surface area contributed by atoms with Gasteiger partial charge in [-0.05, 0) is 25.2 Å². The molecule has 7 heteroatoms. The van der Waals surface area contributed by atoms with Gasteiger partial charge < -0.3 is 14.7 Å². The van der Waals surface area contributed by atoms with Crippen LogP contribution in [0.2, 0.25) is 0 Å². The molecule has 1 aliphatic heterocycles. The van der Waals surface area contributed by atoms with Gasteiger partial charge in [-0.2, -0.15) is 5.10 Å². The fourth-order valence-corrected chi connectivity index (χ4v) is 3.09. The van der Waals surface area contributed by atoms with Crippen LogP contribution < -0.4 is 0 Å². The van der Waals surface area contributed by atoms with Crippen LogP contribution in [0, 0.1) is 5.41 Å². The first kappa shape index (κ1) is 17.3. The highest BCUT2D eigenvalue weighted by atomic mass is 16.5. The molecule has 0 saturated carbocycles. The van der Waals surface area contributed by atoms with Crippen LogP contribution in [0.5, 0.6) is 0 Å². The van der Waals surface area contributed by atoms with Crippen LogP contribution in [-0.2, 0) is 4.74 Å². The summed E-state index contributed by atoms with van der Waals surface area (Å²) in [7, 11) is 0. The fraction of sp³-hybridized carbons (Fsp3) is 0.688. The molecule has 1 amide bonds. The second kappa shape index (κ2) is 6.60. The highest BCUT2D eigenvalue weighted by molar-refractivity contribution is 5.88. The van der Waals surface area contributed by atoms with Crippen LogP contribution in [0.1, 0.15) is 56.9 Å². The van der Waals surface area contributed by atoms with Crippen molar-refractivity contribution in [1.82, 2.24) is 14.7 Å². The monoisotopic (exact) mass is 323 g/mol. The van der Waals surface area contributed by atoms with E-state index >= 15 is 0 Å². The van der Waals surface area contributed by atoms with Gasteiger partial charge in [-0.25, -0.2) is 9.59 Å². The lowest BCUT2D eigenvalue weighted by atomic mass is 9.79. The molecule has 2 atom stereocenters. The van der Waals surface area contributed by atoms with Gasteiger partial charge in [0.25, 0.3) is 0 Å². The van der Waals surface area contributed by atoms with E-state index in [2.05, 4.69) is 5.10 Å². The molecule has 2 unspecified atom stereocenters. The van der Waals surface area contributed by atoms with E-state index in [0.717, 1.165) is 0 Å². The van der Waals surface area contributed by atoms with Gasteiger partial charge in [-0.1, -0.05) is 20.8 Å². The third kappa shape index (κ3) is 3.83. The molecule has 2 rings (SSSR count). The number of amides is 1. The van der Waals surface area contributed by atoms with Gasteiger partial charge in [-0.3, -0.25) is 4.68 Å². The van der Waals surface area contributed by atoms with Gasteiger partial charge in [0.05, 0.1) is 24.4 Å². The summed E-state index contributed by atoms with van der Waals surface area (Å²) in [5, 5.41) is 13.7. The van der Waals surface area contributed by atoms with E-state index in [1.165, 1.54) is 11.1 Å².